The van der Waals surface area contributed by atoms with Crippen LogP contribution >= 0.6 is 0 Å². The number of hydrogen-bond acceptors (Lipinski definition) is 4. The zero-order valence-corrected chi connectivity index (χ0v) is 11.2. The van der Waals surface area contributed by atoms with Crippen molar-refractivity contribution in [3.63, 3.8) is 0 Å². The second-order valence-electron chi connectivity index (χ2n) is 5.37. The molecule has 1 saturated carbocycles. The summed E-state index contributed by atoms with van der Waals surface area (Å²) in [7, 11) is 0. The number of hydrogen-bond donors (Lipinski definition) is 1. The Bertz CT molecular complexity index is 571. The monoisotopic (exact) mass is 257 g/mol. The summed E-state index contributed by atoms with van der Waals surface area (Å²) < 4.78 is 5.42. The minimum absolute atomic E-state index is 0.465. The van der Waals surface area contributed by atoms with Gasteiger partial charge < -0.3 is 10.3 Å². The summed E-state index contributed by atoms with van der Waals surface area (Å²) in [4.78, 5) is 4.57. The van der Waals surface area contributed by atoms with Crippen LogP contribution < -0.4 is 5.73 Å². The maximum atomic E-state index is 5.82. The lowest BCUT2D eigenvalue weighted by molar-refractivity contribution is 0.385. The maximum Gasteiger partial charge on any atom is 0.258 e. The average molecular weight is 257 g/mol. The fourth-order valence-corrected chi connectivity index (χ4v) is 2.74. The SMILES string of the molecule is Cc1ccc(N)cc1-c1nc(C2CCCCC2)no1. The molecule has 0 atom stereocenters. The smallest absolute Gasteiger partial charge is 0.258 e. The maximum absolute atomic E-state index is 5.82. The van der Waals surface area contributed by atoms with Gasteiger partial charge in [-0.25, -0.2) is 0 Å². The minimum Gasteiger partial charge on any atom is -0.399 e. The molecule has 1 aromatic heterocycles. The molecule has 100 valence electrons. The molecule has 0 radical (unpaired) electrons. The standard InChI is InChI=1S/C15H19N3O/c1-10-7-8-12(16)9-13(10)15-17-14(18-19-15)11-5-3-2-4-6-11/h7-9,11H,2-6,16H2,1H3. The molecule has 0 unspecified atom stereocenters. The van der Waals surface area contributed by atoms with Crippen molar-refractivity contribution in [3.05, 3.63) is 29.6 Å². The largest absolute Gasteiger partial charge is 0.399 e. The fourth-order valence-electron chi connectivity index (χ4n) is 2.74. The van der Waals surface area contributed by atoms with E-state index in [0.29, 0.717) is 11.8 Å². The quantitative estimate of drug-likeness (QED) is 0.833. The molecule has 4 heteroatoms. The van der Waals surface area contributed by atoms with Crippen LogP contribution in [0.3, 0.4) is 0 Å². The number of rotatable bonds is 2. The van der Waals surface area contributed by atoms with E-state index in [1.54, 1.807) is 0 Å². The first-order chi connectivity index (χ1) is 9.24. The van der Waals surface area contributed by atoms with Gasteiger partial charge in [0.2, 0.25) is 0 Å². The van der Waals surface area contributed by atoms with E-state index < -0.39 is 0 Å². The van der Waals surface area contributed by atoms with E-state index in [9.17, 15) is 0 Å². The molecule has 4 nitrogen and oxygen atoms in total. The predicted octanol–water partition coefficient (Wildman–Crippen LogP) is 3.67. The van der Waals surface area contributed by atoms with Gasteiger partial charge in [-0.2, -0.15) is 4.98 Å². The van der Waals surface area contributed by atoms with E-state index in [-0.39, 0.29) is 0 Å². The highest BCUT2D eigenvalue weighted by atomic mass is 16.5. The highest BCUT2D eigenvalue weighted by Gasteiger charge is 2.21. The molecule has 2 N–H and O–H groups in total. The fraction of sp³-hybridized carbons (Fsp3) is 0.467. The molecule has 0 spiro atoms. The Labute approximate surface area is 113 Å². The summed E-state index contributed by atoms with van der Waals surface area (Å²) in [6.07, 6.45) is 6.22. The molecule has 0 amide bonds. The predicted molar refractivity (Wildman–Crippen MR) is 74.7 cm³/mol. The van der Waals surface area contributed by atoms with E-state index in [2.05, 4.69) is 10.1 Å². The topological polar surface area (TPSA) is 64.9 Å². The Morgan fingerprint density at radius 2 is 2.00 bits per heavy atom. The third-order valence-corrected chi connectivity index (χ3v) is 3.90. The van der Waals surface area contributed by atoms with Crippen molar-refractivity contribution in [3.8, 4) is 11.5 Å². The molecule has 1 aliphatic rings. The molecule has 1 aliphatic carbocycles. The summed E-state index contributed by atoms with van der Waals surface area (Å²) in [5, 5.41) is 4.16. The van der Waals surface area contributed by atoms with Crippen molar-refractivity contribution < 1.29 is 4.52 Å². The Morgan fingerprint density at radius 3 is 2.79 bits per heavy atom. The lowest BCUT2D eigenvalue weighted by atomic mass is 9.89. The van der Waals surface area contributed by atoms with Crippen LogP contribution in [0.25, 0.3) is 11.5 Å². The number of benzene rings is 1. The number of nitrogen functional groups attached to an aromatic ring is 1. The molecular formula is C15H19N3O. The van der Waals surface area contributed by atoms with Gasteiger partial charge in [-0.3, -0.25) is 0 Å². The van der Waals surface area contributed by atoms with Gasteiger partial charge in [0, 0.05) is 17.2 Å². The molecule has 1 fully saturated rings. The molecule has 3 rings (SSSR count). The summed E-state index contributed by atoms with van der Waals surface area (Å²) in [6, 6.07) is 5.76. The zero-order valence-electron chi connectivity index (χ0n) is 11.2. The summed E-state index contributed by atoms with van der Waals surface area (Å²) in [5.41, 5.74) is 8.59. The van der Waals surface area contributed by atoms with Crippen molar-refractivity contribution in [1.82, 2.24) is 10.1 Å². The van der Waals surface area contributed by atoms with Crippen molar-refractivity contribution in [2.45, 2.75) is 44.9 Å². The molecule has 19 heavy (non-hydrogen) atoms. The molecule has 0 bridgehead atoms. The van der Waals surface area contributed by atoms with Gasteiger partial charge in [0.05, 0.1) is 0 Å². The summed E-state index contributed by atoms with van der Waals surface area (Å²) >= 11 is 0. The Balaban J connectivity index is 1.89. The number of aromatic nitrogens is 2. The van der Waals surface area contributed by atoms with Crippen molar-refractivity contribution in [2.75, 3.05) is 5.73 Å². The van der Waals surface area contributed by atoms with Crippen molar-refractivity contribution >= 4 is 5.69 Å². The Kier molecular flexibility index (Phi) is 3.23. The van der Waals surface area contributed by atoms with Crippen molar-refractivity contribution in [2.24, 2.45) is 0 Å². The lowest BCUT2D eigenvalue weighted by Crippen LogP contribution is -2.06. The molecular weight excluding hydrogens is 238 g/mol. The number of nitrogens with two attached hydrogens (primary N) is 1. The normalized spacial score (nSPS) is 16.7. The zero-order chi connectivity index (χ0) is 13.2. The Morgan fingerprint density at radius 1 is 1.21 bits per heavy atom. The first-order valence-electron chi connectivity index (χ1n) is 6.94. The van der Waals surface area contributed by atoms with Crippen LogP contribution in [0.15, 0.2) is 22.7 Å². The van der Waals surface area contributed by atoms with Crippen LogP contribution in [0.4, 0.5) is 5.69 Å². The van der Waals surface area contributed by atoms with Crippen LogP contribution in [-0.2, 0) is 0 Å². The van der Waals surface area contributed by atoms with Gasteiger partial charge in [0.15, 0.2) is 5.82 Å². The highest BCUT2D eigenvalue weighted by molar-refractivity contribution is 5.63. The van der Waals surface area contributed by atoms with Gasteiger partial charge in [-0.15, -0.1) is 0 Å². The van der Waals surface area contributed by atoms with E-state index >= 15 is 0 Å². The van der Waals surface area contributed by atoms with E-state index in [1.807, 2.05) is 25.1 Å². The van der Waals surface area contributed by atoms with Gasteiger partial charge in [0.1, 0.15) is 0 Å². The summed E-state index contributed by atoms with van der Waals surface area (Å²) in [5.74, 6) is 1.91. The molecule has 2 aromatic rings. The molecule has 1 heterocycles. The van der Waals surface area contributed by atoms with Crippen LogP contribution in [0.2, 0.25) is 0 Å². The first kappa shape index (κ1) is 12.2. The third kappa shape index (κ3) is 2.48. The minimum atomic E-state index is 0.465. The Hall–Kier alpha value is -1.84. The van der Waals surface area contributed by atoms with Crippen LogP contribution in [0, 0.1) is 6.92 Å². The third-order valence-electron chi connectivity index (χ3n) is 3.90. The average Bonchev–Trinajstić information content (AvgIpc) is 2.92. The van der Waals surface area contributed by atoms with Gasteiger partial charge >= 0.3 is 0 Å². The van der Waals surface area contributed by atoms with Gasteiger partial charge in [-0.1, -0.05) is 30.5 Å². The number of aryl methyl sites for hydroxylation is 1. The second-order valence-corrected chi connectivity index (χ2v) is 5.37. The highest BCUT2D eigenvalue weighted by Crippen LogP contribution is 2.32. The van der Waals surface area contributed by atoms with Crippen LogP contribution in [-0.4, -0.2) is 10.1 Å². The van der Waals surface area contributed by atoms with Gasteiger partial charge in [-0.05, 0) is 37.5 Å². The van der Waals surface area contributed by atoms with E-state index in [4.69, 9.17) is 10.3 Å². The molecule has 0 aliphatic heterocycles. The second kappa shape index (κ2) is 5.03. The van der Waals surface area contributed by atoms with Gasteiger partial charge in [0.25, 0.3) is 5.89 Å². The number of nitrogens with zero attached hydrogens (tertiary/aromatic N) is 2. The first-order valence-corrected chi connectivity index (χ1v) is 6.94. The summed E-state index contributed by atoms with van der Waals surface area (Å²) in [6.45, 7) is 2.03. The van der Waals surface area contributed by atoms with Crippen molar-refractivity contribution in [1.29, 1.82) is 0 Å². The van der Waals surface area contributed by atoms with Crippen LogP contribution in [0.1, 0.15) is 49.4 Å². The van der Waals surface area contributed by atoms with E-state index in [0.717, 1.165) is 22.6 Å². The number of anilines is 1. The van der Waals surface area contributed by atoms with Crippen LogP contribution in [0.5, 0.6) is 0 Å². The van der Waals surface area contributed by atoms with E-state index in [1.165, 1.54) is 32.1 Å². The molecule has 0 saturated heterocycles. The lowest BCUT2D eigenvalue weighted by Gasteiger charge is -2.17. The molecule has 1 aromatic carbocycles.